The Kier molecular flexibility index (Phi) is 5.34. The third kappa shape index (κ3) is 4.08. The molecule has 0 atom stereocenters. The van der Waals surface area contributed by atoms with Gasteiger partial charge in [0.15, 0.2) is 4.34 Å². The summed E-state index contributed by atoms with van der Waals surface area (Å²) in [5.41, 5.74) is 3.10. The van der Waals surface area contributed by atoms with Gasteiger partial charge in [0.1, 0.15) is 0 Å². The molecule has 1 aromatic carbocycles. The maximum atomic E-state index is 12.8. The summed E-state index contributed by atoms with van der Waals surface area (Å²) in [7, 11) is 0. The first-order chi connectivity index (χ1) is 14.3. The van der Waals surface area contributed by atoms with Crippen LogP contribution in [0.25, 0.3) is 10.2 Å². The van der Waals surface area contributed by atoms with Crippen molar-refractivity contribution in [1.82, 2.24) is 19.9 Å². The molecule has 0 aliphatic carbocycles. The Labute approximate surface area is 177 Å². The molecule has 4 heterocycles. The summed E-state index contributed by atoms with van der Waals surface area (Å²) < 4.78 is 7.50. The maximum Gasteiger partial charge on any atom is 0.233 e. The second kappa shape index (κ2) is 8.25. The molecular weight excluding hydrogens is 406 g/mol. The second-order valence-electron chi connectivity index (χ2n) is 7.04. The van der Waals surface area contributed by atoms with Crippen LogP contribution < -0.4 is 4.90 Å². The fourth-order valence-electron chi connectivity index (χ4n) is 3.55. The van der Waals surface area contributed by atoms with Gasteiger partial charge in [-0.25, -0.2) is 15.0 Å². The van der Waals surface area contributed by atoms with Crippen LogP contribution in [0.1, 0.15) is 11.3 Å². The van der Waals surface area contributed by atoms with Crippen molar-refractivity contribution >= 4 is 45.2 Å². The van der Waals surface area contributed by atoms with E-state index in [2.05, 4.69) is 20.9 Å². The van der Waals surface area contributed by atoms with Crippen LogP contribution in [-0.2, 0) is 22.5 Å². The van der Waals surface area contributed by atoms with E-state index in [-0.39, 0.29) is 5.91 Å². The Balaban J connectivity index is 1.24. The SMILES string of the molecule is O=C(CSc1nc2ccccc2s1)N1CCc2cnc(N3CCOCC3)nc2C1. The van der Waals surface area contributed by atoms with Gasteiger partial charge >= 0.3 is 0 Å². The lowest BCUT2D eigenvalue weighted by molar-refractivity contribution is -0.129. The van der Waals surface area contributed by atoms with Gasteiger partial charge in [0.2, 0.25) is 11.9 Å². The summed E-state index contributed by atoms with van der Waals surface area (Å²) in [6.07, 6.45) is 2.72. The van der Waals surface area contributed by atoms with Crippen molar-refractivity contribution in [3.63, 3.8) is 0 Å². The average Bonchev–Trinajstić information content (AvgIpc) is 3.20. The van der Waals surface area contributed by atoms with Gasteiger partial charge in [-0.1, -0.05) is 23.9 Å². The number of carbonyl (C=O) groups is 1. The molecule has 3 aromatic rings. The maximum absolute atomic E-state index is 12.8. The van der Waals surface area contributed by atoms with Crippen LogP contribution in [0.3, 0.4) is 0 Å². The fourth-order valence-corrected chi connectivity index (χ4v) is 5.52. The Morgan fingerprint density at radius 1 is 1.17 bits per heavy atom. The number of para-hydroxylation sites is 1. The fraction of sp³-hybridized carbons (Fsp3) is 0.400. The molecule has 0 spiro atoms. The van der Waals surface area contributed by atoms with Gasteiger partial charge < -0.3 is 14.5 Å². The Hall–Kier alpha value is -2.23. The molecule has 0 saturated carbocycles. The number of amides is 1. The lowest BCUT2D eigenvalue weighted by Crippen LogP contribution is -2.40. The summed E-state index contributed by atoms with van der Waals surface area (Å²) in [6.45, 7) is 4.28. The van der Waals surface area contributed by atoms with Crippen molar-refractivity contribution in [1.29, 1.82) is 0 Å². The van der Waals surface area contributed by atoms with Gasteiger partial charge in [0.05, 0.1) is 41.4 Å². The Morgan fingerprint density at radius 2 is 2.03 bits per heavy atom. The van der Waals surface area contributed by atoms with Gasteiger partial charge in [-0.3, -0.25) is 4.79 Å². The number of nitrogens with zero attached hydrogens (tertiary/aromatic N) is 5. The number of ether oxygens (including phenoxy) is 1. The number of rotatable bonds is 4. The van der Waals surface area contributed by atoms with E-state index in [0.29, 0.717) is 32.1 Å². The number of benzene rings is 1. The van der Waals surface area contributed by atoms with Crippen LogP contribution >= 0.6 is 23.1 Å². The van der Waals surface area contributed by atoms with Crippen molar-refractivity contribution in [3.05, 3.63) is 41.7 Å². The van der Waals surface area contributed by atoms with Crippen molar-refractivity contribution in [2.75, 3.05) is 43.5 Å². The largest absolute Gasteiger partial charge is 0.378 e. The zero-order chi connectivity index (χ0) is 19.6. The molecule has 7 nitrogen and oxygen atoms in total. The van der Waals surface area contributed by atoms with E-state index in [1.807, 2.05) is 29.3 Å². The number of fused-ring (bicyclic) bond motifs is 2. The van der Waals surface area contributed by atoms with E-state index < -0.39 is 0 Å². The van der Waals surface area contributed by atoms with E-state index in [9.17, 15) is 4.79 Å². The first-order valence-corrected chi connectivity index (χ1v) is 11.5. The third-order valence-electron chi connectivity index (χ3n) is 5.17. The molecule has 150 valence electrons. The second-order valence-corrected chi connectivity index (χ2v) is 9.30. The van der Waals surface area contributed by atoms with Crippen molar-refractivity contribution in [2.24, 2.45) is 0 Å². The van der Waals surface area contributed by atoms with Gasteiger partial charge in [0, 0.05) is 25.8 Å². The lowest BCUT2D eigenvalue weighted by atomic mass is 10.1. The zero-order valence-electron chi connectivity index (χ0n) is 15.9. The molecule has 5 rings (SSSR count). The van der Waals surface area contributed by atoms with Crippen LogP contribution in [0.15, 0.2) is 34.8 Å². The molecule has 9 heteroatoms. The summed E-state index contributed by atoms with van der Waals surface area (Å²) in [4.78, 5) is 30.7. The molecule has 1 amide bonds. The van der Waals surface area contributed by atoms with Crippen LogP contribution in [0, 0.1) is 0 Å². The number of aromatic nitrogens is 3. The number of anilines is 1. The minimum atomic E-state index is 0.131. The molecule has 0 unspecified atom stereocenters. The quantitative estimate of drug-likeness (QED) is 0.593. The van der Waals surface area contributed by atoms with E-state index in [4.69, 9.17) is 9.72 Å². The number of morpholine rings is 1. The molecule has 2 aromatic heterocycles. The number of thiazole rings is 1. The highest BCUT2D eigenvalue weighted by atomic mass is 32.2. The molecule has 0 bridgehead atoms. The van der Waals surface area contributed by atoms with Gasteiger partial charge in [0.25, 0.3) is 0 Å². The Morgan fingerprint density at radius 3 is 2.90 bits per heavy atom. The number of thioether (sulfide) groups is 1. The Bertz CT molecular complexity index is 1000. The summed E-state index contributed by atoms with van der Waals surface area (Å²) in [5.74, 6) is 1.27. The number of hydrogen-bond donors (Lipinski definition) is 0. The highest BCUT2D eigenvalue weighted by Crippen LogP contribution is 2.30. The van der Waals surface area contributed by atoms with E-state index in [1.54, 1.807) is 11.3 Å². The molecule has 1 saturated heterocycles. The third-order valence-corrected chi connectivity index (χ3v) is 7.34. The topological polar surface area (TPSA) is 71.5 Å². The smallest absolute Gasteiger partial charge is 0.233 e. The minimum Gasteiger partial charge on any atom is -0.378 e. The van der Waals surface area contributed by atoms with E-state index in [1.165, 1.54) is 11.8 Å². The first-order valence-electron chi connectivity index (χ1n) is 9.70. The average molecular weight is 428 g/mol. The van der Waals surface area contributed by atoms with Crippen LogP contribution in [0.4, 0.5) is 5.95 Å². The highest BCUT2D eigenvalue weighted by Gasteiger charge is 2.24. The van der Waals surface area contributed by atoms with Crippen molar-refractivity contribution < 1.29 is 9.53 Å². The zero-order valence-corrected chi connectivity index (χ0v) is 17.5. The summed E-state index contributed by atoms with van der Waals surface area (Å²) in [6, 6.07) is 8.06. The van der Waals surface area contributed by atoms with Crippen LogP contribution in [0.5, 0.6) is 0 Å². The monoisotopic (exact) mass is 427 g/mol. The molecule has 0 N–H and O–H groups in total. The molecule has 2 aliphatic heterocycles. The van der Waals surface area contributed by atoms with E-state index >= 15 is 0 Å². The molecular formula is C20H21N5O2S2. The number of carbonyl (C=O) groups excluding carboxylic acids is 1. The summed E-state index contributed by atoms with van der Waals surface area (Å²) in [5, 5.41) is 0. The van der Waals surface area contributed by atoms with Crippen molar-refractivity contribution in [2.45, 2.75) is 17.3 Å². The van der Waals surface area contributed by atoms with Crippen molar-refractivity contribution in [3.8, 4) is 0 Å². The molecule has 1 fully saturated rings. The van der Waals surface area contributed by atoms with E-state index in [0.717, 1.165) is 51.3 Å². The lowest BCUT2D eigenvalue weighted by Gasteiger charge is -2.30. The van der Waals surface area contributed by atoms with Gasteiger partial charge in [-0.15, -0.1) is 11.3 Å². The normalized spacial score (nSPS) is 16.8. The molecule has 0 radical (unpaired) electrons. The van der Waals surface area contributed by atoms with Crippen LogP contribution in [0.2, 0.25) is 0 Å². The van der Waals surface area contributed by atoms with Gasteiger partial charge in [-0.2, -0.15) is 0 Å². The minimum absolute atomic E-state index is 0.131. The first kappa shape index (κ1) is 18.8. The number of hydrogen-bond acceptors (Lipinski definition) is 8. The predicted molar refractivity (Wildman–Crippen MR) is 115 cm³/mol. The molecule has 29 heavy (non-hydrogen) atoms. The summed E-state index contributed by atoms with van der Waals surface area (Å²) >= 11 is 3.15. The van der Waals surface area contributed by atoms with Crippen LogP contribution in [-0.4, -0.2) is 64.4 Å². The standard InChI is InChI=1S/C20H21N5O2S2/c26-18(13-28-20-23-15-3-1-2-4-17(15)29-20)25-6-5-14-11-21-19(22-16(14)12-25)24-7-9-27-10-8-24/h1-4,11H,5-10,12-13H2. The highest BCUT2D eigenvalue weighted by molar-refractivity contribution is 8.01. The van der Waals surface area contributed by atoms with Gasteiger partial charge in [-0.05, 0) is 24.1 Å². The molecule has 2 aliphatic rings. The predicted octanol–water partition coefficient (Wildman–Crippen LogP) is 2.60.